The predicted octanol–water partition coefficient (Wildman–Crippen LogP) is 3.67. The van der Waals surface area contributed by atoms with Crippen molar-refractivity contribution in [2.24, 2.45) is 5.92 Å². The van der Waals surface area contributed by atoms with Gasteiger partial charge in [-0.25, -0.2) is 19.2 Å². The summed E-state index contributed by atoms with van der Waals surface area (Å²) in [6.45, 7) is 6.73. The highest BCUT2D eigenvalue weighted by Crippen LogP contribution is 2.42. The van der Waals surface area contributed by atoms with Gasteiger partial charge in [0.25, 0.3) is 0 Å². The molecule has 2 aromatic carbocycles. The lowest BCUT2D eigenvalue weighted by Crippen LogP contribution is -2.46. The number of aliphatic carboxylic acids is 4. The molecule has 5 rings (SSSR count). The van der Waals surface area contributed by atoms with Gasteiger partial charge in [0.15, 0.2) is 5.82 Å². The van der Waals surface area contributed by atoms with Crippen LogP contribution in [0.5, 0.6) is 0 Å². The number of nitrogens with zero attached hydrogens (tertiary/aromatic N) is 4. The van der Waals surface area contributed by atoms with E-state index in [1.807, 2.05) is 18.2 Å². The van der Waals surface area contributed by atoms with Crippen LogP contribution in [0.3, 0.4) is 0 Å². The molecule has 0 spiro atoms. The summed E-state index contributed by atoms with van der Waals surface area (Å²) in [6.07, 6.45) is 3.49. The molecule has 230 valence electrons. The number of likely N-dealkylation sites (tertiary alicyclic amines) is 1. The second-order valence-electron chi connectivity index (χ2n) is 10.3. The Bertz CT molecular complexity index is 1410. The molecule has 2 atom stereocenters. The van der Waals surface area contributed by atoms with Gasteiger partial charge in [0.05, 0.1) is 5.69 Å². The maximum atomic E-state index is 9.55. The number of carboxylic acid groups (broad SMARTS) is 4. The first-order chi connectivity index (χ1) is 21.0. The first-order valence-corrected chi connectivity index (χ1v) is 13.7. The highest BCUT2D eigenvalue weighted by atomic mass is 16.4. The molecule has 2 saturated heterocycles. The van der Waals surface area contributed by atoms with Crippen LogP contribution in [0.15, 0.2) is 97.1 Å². The number of carbonyl (C=O) groups is 4. The van der Waals surface area contributed by atoms with E-state index in [0.29, 0.717) is 30.2 Å². The van der Waals surface area contributed by atoms with Gasteiger partial charge in [0.1, 0.15) is 0 Å². The number of aromatic nitrogens is 2. The van der Waals surface area contributed by atoms with Gasteiger partial charge < -0.3 is 25.3 Å². The van der Waals surface area contributed by atoms with Crippen LogP contribution in [-0.2, 0) is 25.7 Å². The summed E-state index contributed by atoms with van der Waals surface area (Å²) < 4.78 is 0. The molecule has 0 radical (unpaired) electrons. The Morgan fingerprint density at radius 2 is 1.30 bits per heavy atom. The van der Waals surface area contributed by atoms with E-state index in [4.69, 9.17) is 20.4 Å². The Balaban J connectivity index is 0.000000275. The number of anilines is 1. The Kier molecular flexibility index (Phi) is 11.9. The monoisotopic (exact) mass is 602 g/mol. The van der Waals surface area contributed by atoms with Crippen LogP contribution in [0.2, 0.25) is 0 Å². The molecule has 3 heterocycles. The van der Waals surface area contributed by atoms with Crippen LogP contribution < -0.4 is 4.90 Å². The molecule has 1 aromatic heterocycles. The maximum absolute atomic E-state index is 9.55. The van der Waals surface area contributed by atoms with E-state index < -0.39 is 23.9 Å². The normalized spacial score (nSPS) is 19.0. The number of benzene rings is 2. The summed E-state index contributed by atoms with van der Waals surface area (Å²) in [5.41, 5.74) is 3.65. The third-order valence-electron chi connectivity index (χ3n) is 7.30. The first kappa shape index (κ1) is 33.1. The van der Waals surface area contributed by atoms with E-state index in [2.05, 4.69) is 81.5 Å². The topological polar surface area (TPSA) is 181 Å². The summed E-state index contributed by atoms with van der Waals surface area (Å²) in [5, 5.41) is 40.3. The number of hydrogen-bond acceptors (Lipinski definition) is 8. The van der Waals surface area contributed by atoms with Crippen LogP contribution in [0.4, 0.5) is 5.82 Å². The van der Waals surface area contributed by atoms with E-state index in [1.165, 1.54) is 18.5 Å². The summed E-state index contributed by atoms with van der Waals surface area (Å²) in [6, 6.07) is 25.3. The number of rotatable bonds is 8. The van der Waals surface area contributed by atoms with Crippen molar-refractivity contribution in [1.29, 1.82) is 0 Å². The molecular weight excluding hydrogens is 568 g/mol. The zero-order valence-electron chi connectivity index (χ0n) is 24.1. The largest absolute Gasteiger partial charge is 0.478 e. The molecule has 44 heavy (non-hydrogen) atoms. The average molecular weight is 603 g/mol. The predicted molar refractivity (Wildman–Crippen MR) is 162 cm³/mol. The summed E-state index contributed by atoms with van der Waals surface area (Å²) in [4.78, 5) is 43.3. The van der Waals surface area contributed by atoms with Gasteiger partial charge in [-0.05, 0) is 43.5 Å². The quantitative estimate of drug-likeness (QED) is 0.275. The third kappa shape index (κ3) is 9.88. The molecule has 0 amide bonds. The van der Waals surface area contributed by atoms with Crippen molar-refractivity contribution < 1.29 is 39.6 Å². The minimum Gasteiger partial charge on any atom is -0.478 e. The molecule has 2 aliphatic rings. The Labute approximate surface area is 254 Å². The highest BCUT2D eigenvalue weighted by Gasteiger charge is 2.51. The lowest BCUT2D eigenvalue weighted by Gasteiger charge is -2.35. The van der Waals surface area contributed by atoms with Crippen LogP contribution in [0.1, 0.15) is 18.9 Å². The van der Waals surface area contributed by atoms with Crippen molar-refractivity contribution in [1.82, 2.24) is 15.1 Å². The van der Waals surface area contributed by atoms with Crippen molar-refractivity contribution in [2.75, 3.05) is 24.5 Å². The van der Waals surface area contributed by atoms with Crippen molar-refractivity contribution in [3.05, 3.63) is 103 Å². The lowest BCUT2D eigenvalue weighted by molar-refractivity contribution is -0.134. The number of hydrogen-bond donors (Lipinski definition) is 4. The average Bonchev–Trinajstić information content (AvgIpc) is 3.50. The second kappa shape index (κ2) is 15.8. The minimum atomic E-state index is -1.26. The molecule has 12 heteroatoms. The fourth-order valence-corrected chi connectivity index (χ4v) is 5.15. The first-order valence-electron chi connectivity index (χ1n) is 13.7. The molecular formula is C32H34N4O8. The van der Waals surface area contributed by atoms with Gasteiger partial charge in [-0.15, -0.1) is 10.2 Å². The SMILES string of the molecule is CC12CN(c3ccc(-c4ccccc4)nn3)CC1CCN2Cc1ccccc1.O=C(O)/C=C/C(=O)O.O=C(O)/C=C/C(=O)O. The lowest BCUT2D eigenvalue weighted by atomic mass is 9.90. The van der Waals surface area contributed by atoms with Crippen molar-refractivity contribution in [3.8, 4) is 11.3 Å². The van der Waals surface area contributed by atoms with E-state index in [0.717, 1.165) is 36.7 Å². The van der Waals surface area contributed by atoms with Crippen LogP contribution in [0, 0.1) is 5.92 Å². The van der Waals surface area contributed by atoms with Crippen LogP contribution >= 0.6 is 0 Å². The van der Waals surface area contributed by atoms with Crippen molar-refractivity contribution in [2.45, 2.75) is 25.4 Å². The molecule has 2 fully saturated rings. The van der Waals surface area contributed by atoms with Crippen LogP contribution in [-0.4, -0.2) is 84.6 Å². The standard InChI is InChI=1S/C24H26N4.2C4H4O4/c1-24-18-27(23-13-12-22(25-26-23)20-10-6-3-7-11-20)17-21(24)14-15-28(24)16-19-8-4-2-5-9-19;2*5-3(6)1-2-4(7)8/h2-13,21H,14-18H2,1H3;2*1-2H,(H,5,6)(H,7,8)/b;2*2-1+. The van der Waals surface area contributed by atoms with E-state index in [1.54, 1.807) is 0 Å². The Morgan fingerprint density at radius 3 is 1.77 bits per heavy atom. The molecule has 4 N–H and O–H groups in total. The molecule has 0 aliphatic carbocycles. The van der Waals surface area contributed by atoms with Gasteiger partial charge in [-0.1, -0.05) is 60.7 Å². The number of carboxylic acids is 4. The van der Waals surface area contributed by atoms with E-state index in [9.17, 15) is 19.2 Å². The fraction of sp³-hybridized carbons (Fsp3) is 0.250. The van der Waals surface area contributed by atoms with Gasteiger partial charge in [0.2, 0.25) is 0 Å². The van der Waals surface area contributed by atoms with Gasteiger partial charge in [0, 0.05) is 55.0 Å². The zero-order chi connectivity index (χ0) is 32.1. The molecule has 2 unspecified atom stereocenters. The van der Waals surface area contributed by atoms with Gasteiger partial charge in [-0.2, -0.15) is 0 Å². The van der Waals surface area contributed by atoms with Gasteiger partial charge >= 0.3 is 23.9 Å². The van der Waals surface area contributed by atoms with E-state index in [-0.39, 0.29) is 5.54 Å². The summed E-state index contributed by atoms with van der Waals surface area (Å²) in [7, 11) is 0. The molecule has 2 aliphatic heterocycles. The fourth-order valence-electron chi connectivity index (χ4n) is 5.15. The maximum Gasteiger partial charge on any atom is 0.328 e. The Morgan fingerprint density at radius 1 is 0.773 bits per heavy atom. The molecule has 0 saturated carbocycles. The summed E-state index contributed by atoms with van der Waals surface area (Å²) in [5.74, 6) is -3.35. The zero-order valence-corrected chi connectivity index (χ0v) is 24.1. The Hall–Kier alpha value is -5.36. The number of fused-ring (bicyclic) bond motifs is 1. The smallest absolute Gasteiger partial charge is 0.328 e. The van der Waals surface area contributed by atoms with E-state index >= 15 is 0 Å². The molecule has 0 bridgehead atoms. The third-order valence-corrected chi connectivity index (χ3v) is 7.30. The highest BCUT2D eigenvalue weighted by molar-refractivity contribution is 5.90. The van der Waals surface area contributed by atoms with Gasteiger partial charge in [-0.3, -0.25) is 4.90 Å². The van der Waals surface area contributed by atoms with Crippen LogP contribution in [0.25, 0.3) is 11.3 Å². The molecule has 3 aromatic rings. The minimum absolute atomic E-state index is 0.204. The van der Waals surface area contributed by atoms with Crippen molar-refractivity contribution >= 4 is 29.7 Å². The summed E-state index contributed by atoms with van der Waals surface area (Å²) >= 11 is 0. The molecule has 12 nitrogen and oxygen atoms in total. The van der Waals surface area contributed by atoms with Crippen molar-refractivity contribution in [3.63, 3.8) is 0 Å². The second-order valence-corrected chi connectivity index (χ2v) is 10.3.